The van der Waals surface area contributed by atoms with E-state index in [-0.39, 0.29) is 71.5 Å². The van der Waals surface area contributed by atoms with Gasteiger partial charge in [-0.15, -0.1) is 0 Å². The summed E-state index contributed by atoms with van der Waals surface area (Å²) in [5.74, 6) is 0.208. The first-order valence-corrected chi connectivity index (χ1v) is 5.39. The minimum absolute atomic E-state index is 0. The van der Waals surface area contributed by atoms with Gasteiger partial charge in [0.2, 0.25) is 0 Å². The Bertz CT molecular complexity index is 177. The average molecular weight is 247 g/mol. The van der Waals surface area contributed by atoms with Gasteiger partial charge < -0.3 is 10.1 Å². The molecule has 0 aliphatic carbocycles. The number of unbranched alkanes of at least 4 members (excludes halogenated alkanes) is 1. The van der Waals surface area contributed by atoms with Crippen LogP contribution >= 0.6 is 0 Å². The van der Waals surface area contributed by atoms with E-state index in [0.29, 0.717) is 12.5 Å². The van der Waals surface area contributed by atoms with Crippen LogP contribution in [-0.2, 0) is 9.53 Å². The maximum atomic E-state index is 11.0. The molecule has 1 unspecified atom stereocenters. The van der Waals surface area contributed by atoms with E-state index in [1.807, 2.05) is 0 Å². The van der Waals surface area contributed by atoms with Crippen molar-refractivity contribution < 1.29 is 9.53 Å². The molecule has 0 radical (unpaired) electrons. The van der Waals surface area contributed by atoms with Gasteiger partial charge in [0.15, 0.2) is 0 Å². The summed E-state index contributed by atoms with van der Waals surface area (Å²) in [5.41, 5.74) is 0. The Morgan fingerprint density at radius 2 is 2.00 bits per heavy atom. The summed E-state index contributed by atoms with van der Waals surface area (Å²) in [6.07, 6.45) is 5.74. The fourth-order valence-corrected chi connectivity index (χ4v) is 1.25. The van der Waals surface area contributed by atoms with E-state index in [9.17, 15) is 4.79 Å². The first-order chi connectivity index (χ1) is 6.74. The SMILES string of the molecule is CCCCC(CC)COC(=O)CC=N.[NaH].[NaH]. The summed E-state index contributed by atoms with van der Waals surface area (Å²) in [6.45, 7) is 4.79. The van der Waals surface area contributed by atoms with Gasteiger partial charge in [0.25, 0.3) is 0 Å². The van der Waals surface area contributed by atoms with Crippen molar-refractivity contribution >= 4 is 71.3 Å². The Morgan fingerprint density at radius 3 is 2.44 bits per heavy atom. The van der Waals surface area contributed by atoms with Gasteiger partial charge in [-0.1, -0.05) is 33.1 Å². The molecule has 0 rings (SSSR count). The number of hydrogen-bond donors (Lipinski definition) is 1. The summed E-state index contributed by atoms with van der Waals surface area (Å²) in [6, 6.07) is 0. The Labute approximate surface area is 143 Å². The van der Waals surface area contributed by atoms with Gasteiger partial charge in [-0.2, -0.15) is 0 Å². The van der Waals surface area contributed by atoms with Crippen molar-refractivity contribution in [2.75, 3.05) is 6.61 Å². The first kappa shape index (κ1) is 22.3. The van der Waals surface area contributed by atoms with Crippen molar-refractivity contribution in [3.05, 3.63) is 0 Å². The van der Waals surface area contributed by atoms with E-state index >= 15 is 0 Å². The van der Waals surface area contributed by atoms with Gasteiger partial charge in [0.1, 0.15) is 0 Å². The van der Waals surface area contributed by atoms with Crippen LogP contribution in [0.5, 0.6) is 0 Å². The molecule has 0 fully saturated rings. The number of ether oxygens (including phenoxy) is 1. The van der Waals surface area contributed by atoms with E-state index in [1.165, 1.54) is 12.8 Å². The van der Waals surface area contributed by atoms with Gasteiger partial charge in [-0.3, -0.25) is 4.79 Å². The summed E-state index contributed by atoms with van der Waals surface area (Å²) in [5, 5.41) is 6.75. The molecule has 0 aromatic rings. The zero-order chi connectivity index (χ0) is 10.8. The molecule has 0 aromatic carbocycles. The summed E-state index contributed by atoms with van der Waals surface area (Å²) < 4.78 is 5.04. The second-order valence-electron chi connectivity index (χ2n) is 3.51. The molecule has 0 spiro atoms. The number of rotatable bonds is 8. The Balaban J connectivity index is -0.000000845. The molecule has 0 aromatic heterocycles. The van der Waals surface area contributed by atoms with E-state index in [4.69, 9.17) is 10.1 Å². The molecule has 0 bridgehead atoms. The van der Waals surface area contributed by atoms with E-state index in [2.05, 4.69) is 13.8 Å². The van der Waals surface area contributed by atoms with Crippen molar-refractivity contribution in [3.8, 4) is 0 Å². The zero-order valence-electron chi connectivity index (χ0n) is 9.21. The van der Waals surface area contributed by atoms with Crippen LogP contribution in [0.4, 0.5) is 0 Å². The monoisotopic (exact) mass is 247 g/mol. The number of carbonyl (C=O) groups is 1. The Kier molecular flexibility index (Phi) is 22.5. The van der Waals surface area contributed by atoms with Gasteiger partial charge >= 0.3 is 65.1 Å². The van der Waals surface area contributed by atoms with Crippen LogP contribution in [-0.4, -0.2) is 77.9 Å². The van der Waals surface area contributed by atoms with Crippen molar-refractivity contribution in [2.24, 2.45) is 5.92 Å². The molecule has 16 heavy (non-hydrogen) atoms. The molecule has 3 nitrogen and oxygen atoms in total. The molecule has 1 N–H and O–H groups in total. The van der Waals surface area contributed by atoms with Crippen LogP contribution in [0.15, 0.2) is 0 Å². The molecule has 1 atom stereocenters. The van der Waals surface area contributed by atoms with Crippen molar-refractivity contribution in [1.82, 2.24) is 0 Å². The summed E-state index contributed by atoms with van der Waals surface area (Å²) >= 11 is 0. The quantitative estimate of drug-likeness (QED) is 0.401. The molecule has 86 valence electrons. The molecule has 0 aliphatic rings. The van der Waals surface area contributed by atoms with Crippen molar-refractivity contribution in [2.45, 2.75) is 46.0 Å². The molecular formula is C11H23NNa2O2. The third-order valence-corrected chi connectivity index (χ3v) is 2.29. The van der Waals surface area contributed by atoms with Crippen molar-refractivity contribution in [3.63, 3.8) is 0 Å². The van der Waals surface area contributed by atoms with Gasteiger partial charge in [0, 0.05) is 6.21 Å². The van der Waals surface area contributed by atoms with Crippen LogP contribution in [0.2, 0.25) is 0 Å². The second kappa shape index (κ2) is 16.1. The first-order valence-electron chi connectivity index (χ1n) is 5.39. The van der Waals surface area contributed by atoms with E-state index in [1.54, 1.807) is 0 Å². The fraction of sp³-hybridized carbons (Fsp3) is 0.818. The van der Waals surface area contributed by atoms with Gasteiger partial charge in [-0.25, -0.2) is 0 Å². The third-order valence-electron chi connectivity index (χ3n) is 2.29. The normalized spacial score (nSPS) is 10.6. The Hall–Kier alpha value is 1.14. The molecule has 0 aliphatic heterocycles. The average Bonchev–Trinajstić information content (AvgIpc) is 2.19. The molecular weight excluding hydrogens is 224 g/mol. The van der Waals surface area contributed by atoms with Crippen molar-refractivity contribution in [1.29, 1.82) is 5.41 Å². The predicted molar refractivity (Wildman–Crippen MR) is 72.0 cm³/mol. The maximum absolute atomic E-state index is 11.0. The fourth-order valence-electron chi connectivity index (χ4n) is 1.25. The molecule has 0 heterocycles. The molecule has 0 saturated heterocycles. The standard InChI is InChI=1S/C11H21NO2.2Na.2H/c1-3-5-6-10(4-2)9-14-11(13)7-8-12;;;;/h8,10,12H,3-7,9H2,1-2H3;;;;. The van der Waals surface area contributed by atoms with Crippen LogP contribution in [0.25, 0.3) is 0 Å². The van der Waals surface area contributed by atoms with Crippen LogP contribution in [0, 0.1) is 11.3 Å². The number of esters is 1. The van der Waals surface area contributed by atoms with Gasteiger partial charge in [0.05, 0.1) is 13.0 Å². The number of hydrogen-bond acceptors (Lipinski definition) is 3. The minimum atomic E-state index is -0.282. The topological polar surface area (TPSA) is 50.2 Å². The number of carbonyl (C=O) groups excluding carboxylic acids is 1. The van der Waals surface area contributed by atoms with Gasteiger partial charge in [-0.05, 0) is 12.3 Å². The summed E-state index contributed by atoms with van der Waals surface area (Å²) in [7, 11) is 0. The molecule has 0 amide bonds. The zero-order valence-corrected chi connectivity index (χ0v) is 9.21. The van der Waals surface area contributed by atoms with E-state index in [0.717, 1.165) is 19.1 Å². The second-order valence-corrected chi connectivity index (χ2v) is 3.51. The third kappa shape index (κ3) is 13.2. The summed E-state index contributed by atoms with van der Waals surface area (Å²) in [4.78, 5) is 11.0. The van der Waals surface area contributed by atoms with Crippen LogP contribution in [0.3, 0.4) is 0 Å². The predicted octanol–water partition coefficient (Wildman–Crippen LogP) is 1.49. The van der Waals surface area contributed by atoms with Crippen LogP contribution < -0.4 is 0 Å². The Morgan fingerprint density at radius 1 is 1.38 bits per heavy atom. The molecule has 0 saturated carbocycles. The van der Waals surface area contributed by atoms with E-state index < -0.39 is 0 Å². The number of nitrogens with one attached hydrogen (secondary N) is 1. The van der Waals surface area contributed by atoms with Crippen LogP contribution in [0.1, 0.15) is 46.0 Å². The molecule has 5 heteroatoms.